The van der Waals surface area contributed by atoms with E-state index in [0.29, 0.717) is 39.3 Å². The Hall–Kier alpha value is -2.00. The Bertz CT molecular complexity index is 1110. The molecule has 186 valence electrons. The maximum Gasteiger partial charge on any atom is 0.244 e. The molecule has 0 aliphatic heterocycles. The predicted octanol–water partition coefficient (Wildman–Crippen LogP) is 4.75. The number of anilines is 1. The van der Waals surface area contributed by atoms with Gasteiger partial charge in [-0.25, -0.2) is 8.42 Å². The lowest BCUT2D eigenvalue weighted by Crippen LogP contribution is -2.52. The van der Waals surface area contributed by atoms with Crippen molar-refractivity contribution in [3.63, 3.8) is 0 Å². The van der Waals surface area contributed by atoms with Crippen LogP contribution in [0.25, 0.3) is 0 Å². The number of amides is 2. The van der Waals surface area contributed by atoms with Crippen molar-refractivity contribution in [2.45, 2.75) is 39.3 Å². The molecule has 11 heteroatoms. The lowest BCUT2D eigenvalue weighted by Gasteiger charge is -2.33. The molecule has 0 radical (unpaired) electrons. The minimum absolute atomic E-state index is 0.0476. The normalized spacial score (nSPS) is 12.2. The molecule has 1 N–H and O–H groups in total. The van der Waals surface area contributed by atoms with Crippen LogP contribution in [-0.2, 0) is 26.2 Å². The van der Waals surface area contributed by atoms with Crippen LogP contribution in [0.1, 0.15) is 32.3 Å². The molecule has 0 aliphatic rings. The highest BCUT2D eigenvalue weighted by Gasteiger charge is 2.31. The summed E-state index contributed by atoms with van der Waals surface area (Å²) in [5, 5.41) is 3.93. The van der Waals surface area contributed by atoms with E-state index in [1.807, 2.05) is 6.92 Å². The van der Waals surface area contributed by atoms with Gasteiger partial charge in [-0.2, -0.15) is 0 Å². The van der Waals surface area contributed by atoms with Gasteiger partial charge in [0.1, 0.15) is 12.6 Å². The van der Waals surface area contributed by atoms with E-state index < -0.39 is 28.5 Å². The van der Waals surface area contributed by atoms with Crippen LogP contribution in [0.5, 0.6) is 0 Å². The molecule has 7 nitrogen and oxygen atoms in total. The average Bonchev–Trinajstić information content (AvgIpc) is 2.78. The first-order chi connectivity index (χ1) is 16.0. The molecule has 2 aromatic carbocycles. The summed E-state index contributed by atoms with van der Waals surface area (Å²) < 4.78 is 26.1. The molecule has 0 heterocycles. The summed E-state index contributed by atoms with van der Waals surface area (Å²) in [5.41, 5.74) is 0.945. The molecule has 0 aromatic heterocycles. The van der Waals surface area contributed by atoms with Crippen LogP contribution in [-0.4, -0.2) is 50.5 Å². The van der Waals surface area contributed by atoms with E-state index in [2.05, 4.69) is 5.32 Å². The molecule has 34 heavy (non-hydrogen) atoms. The van der Waals surface area contributed by atoms with Crippen LogP contribution in [0, 0.1) is 0 Å². The van der Waals surface area contributed by atoms with Gasteiger partial charge in [0.25, 0.3) is 0 Å². The Labute approximate surface area is 216 Å². The van der Waals surface area contributed by atoms with E-state index in [-0.39, 0.29) is 12.5 Å². The highest BCUT2D eigenvalue weighted by Crippen LogP contribution is 2.25. The van der Waals surface area contributed by atoms with E-state index in [1.165, 1.54) is 17.0 Å². The standard InChI is InChI=1S/C23H28Cl3N3O4S/c1-4-12-27-23(31)21(5-2)28(14-16-6-11-19(25)20(26)13-16)22(30)15-29(34(3,32)33)18-9-7-17(24)8-10-18/h6-11,13,21H,4-5,12,14-15H2,1-3H3,(H,27,31). The SMILES string of the molecule is CCCNC(=O)C(CC)N(Cc1ccc(Cl)c(Cl)c1)C(=O)CN(c1ccc(Cl)cc1)S(C)(=O)=O. The molecule has 2 amide bonds. The number of carbonyl (C=O) groups excluding carboxylic acids is 2. The van der Waals surface area contributed by atoms with Crippen LogP contribution >= 0.6 is 34.8 Å². The smallest absolute Gasteiger partial charge is 0.244 e. The van der Waals surface area contributed by atoms with Crippen molar-refractivity contribution in [3.05, 3.63) is 63.1 Å². The zero-order valence-electron chi connectivity index (χ0n) is 19.2. The first-order valence-corrected chi connectivity index (χ1v) is 13.7. The monoisotopic (exact) mass is 547 g/mol. The number of nitrogens with one attached hydrogen (secondary N) is 1. The zero-order chi connectivity index (χ0) is 25.5. The first kappa shape index (κ1) is 28.2. The molecular formula is C23H28Cl3N3O4S. The lowest BCUT2D eigenvalue weighted by atomic mass is 10.1. The second kappa shape index (κ2) is 12.6. The third kappa shape index (κ3) is 7.77. The molecule has 0 fully saturated rings. The summed E-state index contributed by atoms with van der Waals surface area (Å²) >= 11 is 18.1. The first-order valence-electron chi connectivity index (χ1n) is 10.7. The van der Waals surface area contributed by atoms with Crippen molar-refractivity contribution >= 4 is 62.3 Å². The molecule has 1 atom stereocenters. The summed E-state index contributed by atoms with van der Waals surface area (Å²) in [5.74, 6) is -0.847. The second-order valence-electron chi connectivity index (χ2n) is 7.73. The van der Waals surface area contributed by atoms with E-state index in [0.717, 1.165) is 17.0 Å². The van der Waals surface area contributed by atoms with E-state index in [4.69, 9.17) is 34.8 Å². The molecule has 0 bridgehead atoms. The van der Waals surface area contributed by atoms with Gasteiger partial charge >= 0.3 is 0 Å². The van der Waals surface area contributed by atoms with Gasteiger partial charge in [0, 0.05) is 18.1 Å². The maximum atomic E-state index is 13.5. The van der Waals surface area contributed by atoms with Crippen molar-refractivity contribution in [1.82, 2.24) is 10.2 Å². The van der Waals surface area contributed by atoms with Gasteiger partial charge in [0.05, 0.1) is 22.0 Å². The van der Waals surface area contributed by atoms with Gasteiger partial charge < -0.3 is 10.2 Å². The Morgan fingerprint density at radius 3 is 2.18 bits per heavy atom. The highest BCUT2D eigenvalue weighted by atomic mass is 35.5. The molecule has 0 aliphatic carbocycles. The number of hydrogen-bond acceptors (Lipinski definition) is 4. The maximum absolute atomic E-state index is 13.5. The number of carbonyl (C=O) groups is 2. The molecule has 0 spiro atoms. The van der Waals surface area contributed by atoms with Crippen molar-refractivity contribution in [3.8, 4) is 0 Å². The molecule has 0 saturated carbocycles. The minimum atomic E-state index is -3.81. The number of nitrogens with zero attached hydrogens (tertiary/aromatic N) is 2. The Morgan fingerprint density at radius 2 is 1.65 bits per heavy atom. The summed E-state index contributed by atoms with van der Waals surface area (Å²) in [6.45, 7) is 3.74. The fourth-order valence-corrected chi connectivity index (χ4v) is 4.64. The average molecular weight is 549 g/mol. The van der Waals surface area contributed by atoms with Crippen LogP contribution in [0.15, 0.2) is 42.5 Å². The third-order valence-corrected chi connectivity index (χ3v) is 7.20. The van der Waals surface area contributed by atoms with Gasteiger partial charge in [-0.3, -0.25) is 13.9 Å². The third-order valence-electron chi connectivity index (χ3n) is 5.07. The number of halogens is 3. The topological polar surface area (TPSA) is 86.8 Å². The van der Waals surface area contributed by atoms with Crippen molar-refractivity contribution in [2.24, 2.45) is 0 Å². The van der Waals surface area contributed by atoms with E-state index in [9.17, 15) is 18.0 Å². The minimum Gasteiger partial charge on any atom is -0.354 e. The molecule has 2 aromatic rings. The number of sulfonamides is 1. The molecule has 2 rings (SSSR count). The van der Waals surface area contributed by atoms with Gasteiger partial charge in [-0.15, -0.1) is 0 Å². The molecule has 1 unspecified atom stereocenters. The number of benzene rings is 2. The van der Waals surface area contributed by atoms with Gasteiger partial charge in [-0.1, -0.05) is 54.7 Å². The van der Waals surface area contributed by atoms with Gasteiger partial charge in [-0.05, 0) is 54.8 Å². The fourth-order valence-electron chi connectivity index (χ4n) is 3.34. The van der Waals surface area contributed by atoms with Gasteiger partial charge in [0.2, 0.25) is 21.8 Å². The Kier molecular flexibility index (Phi) is 10.5. The Balaban J connectivity index is 2.43. The molecule has 0 saturated heterocycles. The summed E-state index contributed by atoms with van der Waals surface area (Å²) in [6, 6.07) is 10.3. The highest BCUT2D eigenvalue weighted by molar-refractivity contribution is 7.92. The zero-order valence-corrected chi connectivity index (χ0v) is 22.3. The number of rotatable bonds is 11. The quantitative estimate of drug-likeness (QED) is 0.439. The number of hydrogen-bond donors (Lipinski definition) is 1. The van der Waals surface area contributed by atoms with Crippen LogP contribution < -0.4 is 9.62 Å². The van der Waals surface area contributed by atoms with Crippen molar-refractivity contribution in [2.75, 3.05) is 23.7 Å². The Morgan fingerprint density at radius 1 is 1.00 bits per heavy atom. The predicted molar refractivity (Wildman–Crippen MR) is 138 cm³/mol. The van der Waals surface area contributed by atoms with Crippen molar-refractivity contribution < 1.29 is 18.0 Å². The molecular weight excluding hydrogens is 521 g/mol. The lowest BCUT2D eigenvalue weighted by molar-refractivity contribution is -0.140. The summed E-state index contributed by atoms with van der Waals surface area (Å²) in [6.07, 6.45) is 2.09. The van der Waals surface area contributed by atoms with E-state index in [1.54, 1.807) is 37.3 Å². The van der Waals surface area contributed by atoms with Gasteiger partial charge in [0.15, 0.2) is 0 Å². The van der Waals surface area contributed by atoms with E-state index >= 15 is 0 Å². The fraction of sp³-hybridized carbons (Fsp3) is 0.391. The van der Waals surface area contributed by atoms with Crippen LogP contribution in [0.4, 0.5) is 5.69 Å². The van der Waals surface area contributed by atoms with Crippen molar-refractivity contribution in [1.29, 1.82) is 0 Å². The van der Waals surface area contributed by atoms with Crippen LogP contribution in [0.2, 0.25) is 15.1 Å². The largest absolute Gasteiger partial charge is 0.354 e. The second-order valence-corrected chi connectivity index (χ2v) is 10.9. The van der Waals surface area contributed by atoms with Crippen LogP contribution in [0.3, 0.4) is 0 Å². The summed E-state index contributed by atoms with van der Waals surface area (Å²) in [4.78, 5) is 27.8. The summed E-state index contributed by atoms with van der Waals surface area (Å²) in [7, 11) is -3.81.